The molecular weight excluding hydrogens is 244 g/mol. The van der Waals surface area contributed by atoms with E-state index in [1.165, 1.54) is 0 Å². The van der Waals surface area contributed by atoms with Crippen LogP contribution in [0.1, 0.15) is 10.4 Å². The van der Waals surface area contributed by atoms with E-state index < -0.39 is 5.97 Å². The van der Waals surface area contributed by atoms with Crippen molar-refractivity contribution in [1.82, 2.24) is 0 Å². The van der Waals surface area contributed by atoms with Gasteiger partial charge in [0.2, 0.25) is 0 Å². The molecule has 0 aliphatic rings. The summed E-state index contributed by atoms with van der Waals surface area (Å²) in [5, 5.41) is 8.57. The molecular formula is C15H14O4. The van der Waals surface area contributed by atoms with E-state index in [-0.39, 0.29) is 13.2 Å². The Morgan fingerprint density at radius 2 is 1.58 bits per heavy atom. The minimum Gasteiger partial charge on any atom is -0.460 e. The zero-order chi connectivity index (χ0) is 13.5. The van der Waals surface area contributed by atoms with Crippen molar-refractivity contribution in [1.29, 1.82) is 0 Å². The van der Waals surface area contributed by atoms with Crippen LogP contribution in [0, 0.1) is 0 Å². The summed E-state index contributed by atoms with van der Waals surface area (Å²) in [4.78, 5) is 11.5. The molecule has 0 radical (unpaired) electrons. The quantitative estimate of drug-likeness (QED) is 0.838. The van der Waals surface area contributed by atoms with E-state index in [0.717, 1.165) is 5.75 Å². The first kappa shape index (κ1) is 13.1. The molecule has 0 spiro atoms. The summed E-state index contributed by atoms with van der Waals surface area (Å²) in [6.07, 6.45) is 0. The molecule has 1 N–H and O–H groups in total. The Hall–Kier alpha value is -2.33. The van der Waals surface area contributed by atoms with Crippen molar-refractivity contribution in [2.24, 2.45) is 0 Å². The summed E-state index contributed by atoms with van der Waals surface area (Å²) in [5.41, 5.74) is 0.425. The fraction of sp³-hybridized carbons (Fsp3) is 0.133. The van der Waals surface area contributed by atoms with Crippen LogP contribution in [0.15, 0.2) is 54.6 Å². The molecule has 19 heavy (non-hydrogen) atoms. The van der Waals surface area contributed by atoms with E-state index in [4.69, 9.17) is 14.6 Å². The van der Waals surface area contributed by atoms with Gasteiger partial charge in [0, 0.05) is 0 Å². The smallest absolute Gasteiger partial charge is 0.338 e. The van der Waals surface area contributed by atoms with Gasteiger partial charge in [0.15, 0.2) is 0 Å². The van der Waals surface area contributed by atoms with Crippen molar-refractivity contribution in [2.45, 2.75) is 0 Å². The number of aliphatic hydroxyl groups excluding tert-OH is 1. The van der Waals surface area contributed by atoms with E-state index in [2.05, 4.69) is 0 Å². The van der Waals surface area contributed by atoms with Crippen LogP contribution in [0.4, 0.5) is 0 Å². The Morgan fingerprint density at radius 3 is 2.21 bits per heavy atom. The topological polar surface area (TPSA) is 55.8 Å². The molecule has 4 heteroatoms. The standard InChI is InChI=1S/C15H14O4/c16-10-11-18-15(17)12-6-8-14(9-7-12)19-13-4-2-1-3-5-13/h1-9,16H,10-11H2. The molecule has 0 bridgehead atoms. The van der Waals surface area contributed by atoms with E-state index in [9.17, 15) is 4.79 Å². The SMILES string of the molecule is O=C(OCCO)c1ccc(Oc2ccccc2)cc1. The summed E-state index contributed by atoms with van der Waals surface area (Å²) in [7, 11) is 0. The van der Waals surface area contributed by atoms with E-state index in [1.54, 1.807) is 24.3 Å². The van der Waals surface area contributed by atoms with Crippen LogP contribution in [0.25, 0.3) is 0 Å². The van der Waals surface area contributed by atoms with Gasteiger partial charge in [-0.15, -0.1) is 0 Å². The number of carbonyl (C=O) groups excluding carboxylic acids is 1. The third kappa shape index (κ3) is 3.82. The molecule has 0 unspecified atom stereocenters. The van der Waals surface area contributed by atoms with Gasteiger partial charge in [0.05, 0.1) is 12.2 Å². The second-order valence-corrected chi connectivity index (χ2v) is 3.80. The summed E-state index contributed by atoms with van der Waals surface area (Å²) in [6, 6.07) is 16.0. The third-order valence-electron chi connectivity index (χ3n) is 2.39. The van der Waals surface area contributed by atoms with Crippen molar-refractivity contribution < 1.29 is 19.4 Å². The predicted octanol–water partition coefficient (Wildman–Crippen LogP) is 2.63. The molecule has 0 fully saturated rings. The molecule has 4 nitrogen and oxygen atoms in total. The van der Waals surface area contributed by atoms with Crippen LogP contribution in [0.2, 0.25) is 0 Å². The number of rotatable bonds is 5. The van der Waals surface area contributed by atoms with Gasteiger partial charge in [-0.2, -0.15) is 0 Å². The summed E-state index contributed by atoms with van der Waals surface area (Å²) >= 11 is 0. The highest BCUT2D eigenvalue weighted by molar-refractivity contribution is 5.89. The number of benzene rings is 2. The minimum atomic E-state index is -0.458. The van der Waals surface area contributed by atoms with E-state index in [0.29, 0.717) is 11.3 Å². The number of para-hydroxylation sites is 1. The maximum Gasteiger partial charge on any atom is 0.338 e. The Morgan fingerprint density at radius 1 is 0.947 bits per heavy atom. The molecule has 2 aromatic carbocycles. The molecule has 0 atom stereocenters. The van der Waals surface area contributed by atoms with Gasteiger partial charge >= 0.3 is 5.97 Å². The molecule has 0 saturated carbocycles. The number of esters is 1. The monoisotopic (exact) mass is 258 g/mol. The predicted molar refractivity (Wildman–Crippen MR) is 70.3 cm³/mol. The Labute approximate surface area is 111 Å². The maximum atomic E-state index is 11.5. The normalized spacial score (nSPS) is 9.95. The Bertz CT molecular complexity index is 520. The van der Waals surface area contributed by atoms with Gasteiger partial charge in [0.25, 0.3) is 0 Å². The van der Waals surface area contributed by atoms with Crippen LogP contribution in [-0.4, -0.2) is 24.3 Å². The first-order valence-corrected chi connectivity index (χ1v) is 5.90. The molecule has 0 amide bonds. The fourth-order valence-corrected chi connectivity index (χ4v) is 1.51. The number of ether oxygens (including phenoxy) is 2. The molecule has 98 valence electrons. The fourth-order valence-electron chi connectivity index (χ4n) is 1.51. The van der Waals surface area contributed by atoms with Gasteiger partial charge in [0.1, 0.15) is 18.1 Å². The van der Waals surface area contributed by atoms with Crippen LogP contribution >= 0.6 is 0 Å². The van der Waals surface area contributed by atoms with Gasteiger partial charge < -0.3 is 14.6 Å². The van der Waals surface area contributed by atoms with E-state index >= 15 is 0 Å². The lowest BCUT2D eigenvalue weighted by Gasteiger charge is -2.06. The average Bonchev–Trinajstić information content (AvgIpc) is 2.46. The Kier molecular flexibility index (Phi) is 4.53. The average molecular weight is 258 g/mol. The van der Waals surface area contributed by atoms with E-state index in [1.807, 2.05) is 30.3 Å². The number of carbonyl (C=O) groups is 1. The largest absolute Gasteiger partial charge is 0.460 e. The lowest BCUT2D eigenvalue weighted by Crippen LogP contribution is -2.08. The molecule has 2 rings (SSSR count). The van der Waals surface area contributed by atoms with Gasteiger partial charge in [-0.3, -0.25) is 0 Å². The van der Waals surface area contributed by atoms with Crippen LogP contribution in [-0.2, 0) is 4.74 Å². The highest BCUT2D eigenvalue weighted by Crippen LogP contribution is 2.21. The summed E-state index contributed by atoms with van der Waals surface area (Å²) in [5.74, 6) is 0.920. The minimum absolute atomic E-state index is 0.00109. The van der Waals surface area contributed by atoms with Crippen LogP contribution < -0.4 is 4.74 Å². The lowest BCUT2D eigenvalue weighted by atomic mass is 10.2. The third-order valence-corrected chi connectivity index (χ3v) is 2.39. The van der Waals surface area contributed by atoms with Crippen LogP contribution in [0.3, 0.4) is 0 Å². The second kappa shape index (κ2) is 6.56. The van der Waals surface area contributed by atoms with Gasteiger partial charge in [-0.05, 0) is 36.4 Å². The molecule has 0 aliphatic carbocycles. The second-order valence-electron chi connectivity index (χ2n) is 3.80. The highest BCUT2D eigenvalue weighted by atomic mass is 16.5. The number of aliphatic hydroxyl groups is 1. The summed E-state index contributed by atoms with van der Waals surface area (Å²) < 4.78 is 10.4. The van der Waals surface area contributed by atoms with Crippen molar-refractivity contribution in [2.75, 3.05) is 13.2 Å². The Balaban J connectivity index is 2.00. The molecule has 0 saturated heterocycles. The van der Waals surface area contributed by atoms with Crippen molar-refractivity contribution >= 4 is 5.97 Å². The number of hydrogen-bond acceptors (Lipinski definition) is 4. The lowest BCUT2D eigenvalue weighted by molar-refractivity contribution is 0.0434. The van der Waals surface area contributed by atoms with Crippen molar-refractivity contribution in [3.05, 3.63) is 60.2 Å². The van der Waals surface area contributed by atoms with Crippen molar-refractivity contribution in [3.63, 3.8) is 0 Å². The van der Waals surface area contributed by atoms with Crippen LogP contribution in [0.5, 0.6) is 11.5 Å². The maximum absolute atomic E-state index is 11.5. The zero-order valence-corrected chi connectivity index (χ0v) is 10.3. The highest BCUT2D eigenvalue weighted by Gasteiger charge is 2.06. The molecule has 2 aromatic rings. The van der Waals surface area contributed by atoms with Gasteiger partial charge in [-0.25, -0.2) is 4.79 Å². The molecule has 0 aromatic heterocycles. The van der Waals surface area contributed by atoms with Gasteiger partial charge in [-0.1, -0.05) is 18.2 Å². The first-order valence-electron chi connectivity index (χ1n) is 5.90. The number of hydrogen-bond donors (Lipinski definition) is 1. The first-order chi connectivity index (χ1) is 9.29. The van der Waals surface area contributed by atoms with Crippen molar-refractivity contribution in [3.8, 4) is 11.5 Å². The summed E-state index contributed by atoms with van der Waals surface area (Å²) in [6.45, 7) is -0.179. The molecule has 0 heterocycles. The molecule has 0 aliphatic heterocycles. The zero-order valence-electron chi connectivity index (χ0n) is 10.3.